The molecule has 21 heavy (non-hydrogen) atoms. The van der Waals surface area contributed by atoms with Crippen LogP contribution in [0.15, 0.2) is 10.2 Å². The first-order valence-electron chi connectivity index (χ1n) is 7.81. The number of thiazole rings is 1. The zero-order chi connectivity index (χ0) is 15.1. The monoisotopic (exact) mass is 311 g/mol. The lowest BCUT2D eigenvalue weighted by Gasteiger charge is -2.26. The van der Waals surface area contributed by atoms with Crippen molar-refractivity contribution in [1.82, 2.24) is 14.8 Å². The van der Waals surface area contributed by atoms with Gasteiger partial charge in [-0.25, -0.2) is 0 Å². The Hall–Kier alpha value is -1.14. The highest BCUT2D eigenvalue weighted by atomic mass is 32.1. The third kappa shape index (κ3) is 5.28. The summed E-state index contributed by atoms with van der Waals surface area (Å²) >= 11 is 1.19. The molecule has 1 N–H and O–H groups in total. The maximum absolute atomic E-state index is 11.8. The molecule has 2 heterocycles. The van der Waals surface area contributed by atoms with E-state index in [-0.39, 0.29) is 10.8 Å². The van der Waals surface area contributed by atoms with Crippen LogP contribution in [0, 0.1) is 6.92 Å². The number of aromatic nitrogens is 1. The summed E-state index contributed by atoms with van der Waals surface area (Å²) in [5.41, 5.74) is 0.933. The summed E-state index contributed by atoms with van der Waals surface area (Å²) in [6.45, 7) is 6.58. The summed E-state index contributed by atoms with van der Waals surface area (Å²) in [4.78, 5) is 25.8. The average Bonchev–Trinajstić information content (AvgIpc) is 2.81. The molecular formula is C15H25N3O2S. The predicted molar refractivity (Wildman–Crippen MR) is 85.9 cm³/mol. The first-order chi connectivity index (χ1) is 10.2. The molecular weight excluding hydrogens is 286 g/mol. The maximum atomic E-state index is 11.8. The number of rotatable bonds is 7. The molecule has 118 valence electrons. The van der Waals surface area contributed by atoms with E-state index in [4.69, 9.17) is 0 Å². The van der Waals surface area contributed by atoms with Crippen molar-refractivity contribution in [3.05, 3.63) is 20.7 Å². The maximum Gasteiger partial charge on any atom is 0.307 e. The molecule has 5 nitrogen and oxygen atoms in total. The molecule has 1 aromatic heterocycles. The molecule has 1 amide bonds. The molecule has 0 aromatic carbocycles. The fourth-order valence-corrected chi connectivity index (χ4v) is 3.45. The van der Waals surface area contributed by atoms with Crippen molar-refractivity contribution in [2.45, 2.75) is 45.6 Å². The number of nitrogens with zero attached hydrogens (tertiary/aromatic N) is 2. The zero-order valence-electron chi connectivity index (χ0n) is 12.8. The van der Waals surface area contributed by atoms with Gasteiger partial charge in [0.25, 0.3) is 0 Å². The Morgan fingerprint density at radius 1 is 1.29 bits per heavy atom. The molecule has 6 heteroatoms. The van der Waals surface area contributed by atoms with E-state index in [1.807, 2.05) is 12.3 Å². The summed E-state index contributed by atoms with van der Waals surface area (Å²) in [5, 5.41) is 4.78. The van der Waals surface area contributed by atoms with E-state index in [0.717, 1.165) is 25.2 Å². The molecule has 0 saturated carbocycles. The number of likely N-dealkylation sites (tertiary alicyclic amines) is 1. The summed E-state index contributed by atoms with van der Waals surface area (Å²) in [5.74, 6) is 0.0335. The van der Waals surface area contributed by atoms with Crippen molar-refractivity contribution in [2.24, 2.45) is 0 Å². The largest absolute Gasteiger partial charge is 0.356 e. The third-order valence-electron chi connectivity index (χ3n) is 3.96. The Morgan fingerprint density at radius 3 is 2.71 bits per heavy atom. The lowest BCUT2D eigenvalue weighted by Crippen LogP contribution is -2.33. The van der Waals surface area contributed by atoms with Gasteiger partial charge in [-0.05, 0) is 45.8 Å². The smallest absolute Gasteiger partial charge is 0.307 e. The lowest BCUT2D eigenvalue weighted by atomic mass is 10.1. The number of hydrogen-bond donors (Lipinski definition) is 1. The normalized spacial score (nSPS) is 16.0. The summed E-state index contributed by atoms with van der Waals surface area (Å²) in [6, 6.07) is 0. The van der Waals surface area contributed by atoms with Gasteiger partial charge in [-0.1, -0.05) is 17.8 Å². The van der Waals surface area contributed by atoms with Crippen LogP contribution in [-0.2, 0) is 11.3 Å². The molecule has 1 fully saturated rings. The number of carbonyl (C=O) groups excluding carboxylic acids is 1. The van der Waals surface area contributed by atoms with Crippen molar-refractivity contribution in [3.8, 4) is 0 Å². The second-order valence-corrected chi connectivity index (χ2v) is 6.47. The Balaban J connectivity index is 1.58. The Bertz CT molecular complexity index is 503. The Kier molecular flexibility index (Phi) is 6.45. The molecule has 1 aliphatic rings. The molecule has 2 rings (SSSR count). The lowest BCUT2D eigenvalue weighted by molar-refractivity contribution is -0.121. The van der Waals surface area contributed by atoms with Gasteiger partial charge in [0.05, 0.1) is 0 Å². The minimum absolute atomic E-state index is 0.0189. The van der Waals surface area contributed by atoms with E-state index in [2.05, 4.69) is 10.2 Å². The average molecular weight is 311 g/mol. The molecule has 0 spiro atoms. The quantitative estimate of drug-likeness (QED) is 0.778. The predicted octanol–water partition coefficient (Wildman–Crippen LogP) is 1.60. The van der Waals surface area contributed by atoms with Gasteiger partial charge < -0.3 is 14.8 Å². The Morgan fingerprint density at radius 2 is 2.05 bits per heavy atom. The number of carbonyl (C=O) groups is 1. The number of nitrogens with one attached hydrogen (secondary N) is 1. The van der Waals surface area contributed by atoms with Crippen molar-refractivity contribution in [1.29, 1.82) is 0 Å². The van der Waals surface area contributed by atoms with Gasteiger partial charge in [0.2, 0.25) is 5.91 Å². The van der Waals surface area contributed by atoms with Gasteiger partial charge in [0.15, 0.2) is 0 Å². The van der Waals surface area contributed by atoms with E-state index >= 15 is 0 Å². The molecule has 0 bridgehead atoms. The number of hydrogen-bond acceptors (Lipinski definition) is 4. The van der Waals surface area contributed by atoms with Crippen LogP contribution in [0.25, 0.3) is 0 Å². The van der Waals surface area contributed by atoms with E-state index in [0.29, 0.717) is 13.0 Å². The highest BCUT2D eigenvalue weighted by Crippen LogP contribution is 2.08. The van der Waals surface area contributed by atoms with E-state index in [1.54, 1.807) is 4.57 Å². The second kappa shape index (κ2) is 8.34. The third-order valence-corrected chi connectivity index (χ3v) is 4.84. The molecule has 0 aliphatic carbocycles. The van der Waals surface area contributed by atoms with E-state index in [9.17, 15) is 9.59 Å². The zero-order valence-corrected chi connectivity index (χ0v) is 13.6. The van der Waals surface area contributed by atoms with E-state index < -0.39 is 0 Å². The van der Waals surface area contributed by atoms with Gasteiger partial charge in [-0.2, -0.15) is 0 Å². The highest BCUT2D eigenvalue weighted by Gasteiger charge is 2.10. The number of aryl methyl sites for hydroxylation is 1. The van der Waals surface area contributed by atoms with Gasteiger partial charge >= 0.3 is 4.87 Å². The van der Waals surface area contributed by atoms with Crippen LogP contribution in [0.5, 0.6) is 0 Å². The van der Waals surface area contributed by atoms with Crippen LogP contribution in [0.3, 0.4) is 0 Å². The van der Waals surface area contributed by atoms with Gasteiger partial charge in [-0.3, -0.25) is 9.59 Å². The van der Waals surface area contributed by atoms with Crippen molar-refractivity contribution >= 4 is 17.2 Å². The Labute approximate surface area is 130 Å². The van der Waals surface area contributed by atoms with Crippen LogP contribution in [-0.4, -0.2) is 41.6 Å². The van der Waals surface area contributed by atoms with Crippen LogP contribution in [0.4, 0.5) is 0 Å². The fraction of sp³-hybridized carbons (Fsp3) is 0.733. The van der Waals surface area contributed by atoms with Gasteiger partial charge in [-0.15, -0.1) is 0 Å². The van der Waals surface area contributed by atoms with Gasteiger partial charge in [0.1, 0.15) is 0 Å². The van der Waals surface area contributed by atoms with Crippen LogP contribution >= 0.6 is 11.3 Å². The first-order valence-corrected chi connectivity index (χ1v) is 8.69. The molecule has 1 aromatic rings. The molecule has 0 radical (unpaired) electrons. The van der Waals surface area contributed by atoms with Crippen LogP contribution in [0.1, 0.15) is 37.8 Å². The standard InChI is InChI=1S/C15H25N3O2S/c1-13-12-21-15(20)18(13)11-6-14(19)16-7-5-10-17-8-3-2-4-9-17/h12H,2-11H2,1H3,(H,16,19). The van der Waals surface area contributed by atoms with Crippen molar-refractivity contribution < 1.29 is 4.79 Å². The molecule has 1 saturated heterocycles. The second-order valence-electron chi connectivity index (χ2n) is 5.65. The number of amides is 1. The van der Waals surface area contributed by atoms with Crippen molar-refractivity contribution in [2.75, 3.05) is 26.2 Å². The molecule has 0 atom stereocenters. The SMILES string of the molecule is Cc1csc(=O)n1CCC(=O)NCCCN1CCCCC1. The highest BCUT2D eigenvalue weighted by molar-refractivity contribution is 7.07. The summed E-state index contributed by atoms with van der Waals surface area (Å²) in [7, 11) is 0. The minimum Gasteiger partial charge on any atom is -0.356 e. The minimum atomic E-state index is 0.0189. The van der Waals surface area contributed by atoms with Crippen molar-refractivity contribution in [3.63, 3.8) is 0 Å². The number of piperidine rings is 1. The first kappa shape index (κ1) is 16.2. The molecule has 1 aliphatic heterocycles. The topological polar surface area (TPSA) is 54.3 Å². The van der Waals surface area contributed by atoms with Crippen LogP contribution in [0.2, 0.25) is 0 Å². The van der Waals surface area contributed by atoms with Gasteiger partial charge in [0, 0.05) is 30.6 Å². The van der Waals surface area contributed by atoms with E-state index in [1.165, 1.54) is 43.7 Å². The van der Waals surface area contributed by atoms with Crippen LogP contribution < -0.4 is 10.2 Å². The molecule has 0 unspecified atom stereocenters. The summed E-state index contributed by atoms with van der Waals surface area (Å²) < 4.78 is 1.66. The summed E-state index contributed by atoms with van der Waals surface area (Å²) in [6.07, 6.45) is 5.35. The fourth-order valence-electron chi connectivity index (χ4n) is 2.69.